The van der Waals surface area contributed by atoms with Crippen LogP contribution in [0.2, 0.25) is 0 Å². The Hall–Kier alpha value is -2.14. The molecule has 10 heteroatoms. The Kier molecular flexibility index (Phi) is 3.98. The third-order valence-electron chi connectivity index (χ3n) is 3.50. The van der Waals surface area contributed by atoms with E-state index in [1.807, 2.05) is 0 Å². The summed E-state index contributed by atoms with van der Waals surface area (Å²) in [6.07, 6.45) is 1.21. The summed E-state index contributed by atoms with van der Waals surface area (Å²) in [7, 11) is 0. The molecule has 2 aromatic rings. The molecular weight excluding hydrogens is 292 g/mol. The number of aromatic nitrogens is 4. The number of nitrogens with two attached hydrogens (primary N) is 1. The summed E-state index contributed by atoms with van der Waals surface area (Å²) in [6, 6.07) is 0. The van der Waals surface area contributed by atoms with Crippen molar-refractivity contribution in [1.82, 2.24) is 19.5 Å². The molecule has 1 amide bonds. The van der Waals surface area contributed by atoms with E-state index in [1.165, 1.54) is 12.7 Å². The van der Waals surface area contributed by atoms with E-state index < -0.39 is 18.4 Å². The Morgan fingerprint density at radius 1 is 1.50 bits per heavy atom. The maximum atomic E-state index is 11.4. The van der Waals surface area contributed by atoms with Crippen LogP contribution in [0.1, 0.15) is 12.6 Å². The fraction of sp³-hybridized carbons (Fsp3) is 0.500. The lowest BCUT2D eigenvalue weighted by Crippen LogP contribution is -2.24. The molecule has 5 N–H and O–H groups in total. The topological polar surface area (TPSA) is 148 Å². The van der Waals surface area contributed by atoms with Crippen LogP contribution in [0, 0.1) is 0 Å². The van der Waals surface area contributed by atoms with Gasteiger partial charge in [0.1, 0.15) is 18.7 Å². The lowest BCUT2D eigenvalue weighted by atomic mass is 10.2. The summed E-state index contributed by atoms with van der Waals surface area (Å²) in [5.74, 6) is -0.126. The first kappa shape index (κ1) is 14.8. The molecule has 0 bridgehead atoms. The summed E-state index contributed by atoms with van der Waals surface area (Å²) in [5, 5.41) is 21.5. The van der Waals surface area contributed by atoms with Crippen molar-refractivity contribution < 1.29 is 19.7 Å². The van der Waals surface area contributed by atoms with Crippen molar-refractivity contribution in [2.24, 2.45) is 5.73 Å². The van der Waals surface area contributed by atoms with E-state index in [0.29, 0.717) is 17.6 Å². The molecule has 0 saturated carbocycles. The fourth-order valence-electron chi connectivity index (χ4n) is 2.39. The van der Waals surface area contributed by atoms with Gasteiger partial charge in [-0.15, -0.1) is 0 Å². The SMILES string of the molecule is NCC(=O)Nc1ncnc2c1ncn2[C@H]1CC(O)[C@@H](CO)O1. The number of amides is 1. The molecule has 3 rings (SSSR count). The number of hydrogen-bond acceptors (Lipinski definition) is 8. The van der Waals surface area contributed by atoms with Crippen LogP contribution in [0.5, 0.6) is 0 Å². The van der Waals surface area contributed by atoms with E-state index >= 15 is 0 Å². The molecular formula is C12H16N6O4. The maximum Gasteiger partial charge on any atom is 0.239 e. The summed E-state index contributed by atoms with van der Waals surface area (Å²) in [6.45, 7) is -0.431. The molecule has 10 nitrogen and oxygen atoms in total. The highest BCUT2D eigenvalue weighted by Gasteiger charge is 2.35. The van der Waals surface area contributed by atoms with Crippen molar-refractivity contribution in [3.05, 3.63) is 12.7 Å². The molecule has 118 valence electrons. The molecule has 1 saturated heterocycles. The number of anilines is 1. The number of carbonyl (C=O) groups excluding carboxylic acids is 1. The molecule has 3 atom stereocenters. The molecule has 1 aliphatic heterocycles. The number of imidazole rings is 1. The van der Waals surface area contributed by atoms with E-state index in [4.69, 9.17) is 15.6 Å². The smallest absolute Gasteiger partial charge is 0.239 e. The van der Waals surface area contributed by atoms with Gasteiger partial charge in [0.15, 0.2) is 17.0 Å². The van der Waals surface area contributed by atoms with Gasteiger partial charge in [-0.3, -0.25) is 9.36 Å². The predicted molar refractivity (Wildman–Crippen MR) is 74.6 cm³/mol. The highest BCUT2D eigenvalue weighted by molar-refractivity contribution is 5.97. The second-order valence-corrected chi connectivity index (χ2v) is 4.91. The highest BCUT2D eigenvalue weighted by Crippen LogP contribution is 2.31. The number of aliphatic hydroxyl groups excluding tert-OH is 2. The van der Waals surface area contributed by atoms with Gasteiger partial charge < -0.3 is 26.0 Å². The zero-order valence-corrected chi connectivity index (χ0v) is 11.6. The van der Waals surface area contributed by atoms with Crippen LogP contribution in [-0.2, 0) is 9.53 Å². The second-order valence-electron chi connectivity index (χ2n) is 4.91. The van der Waals surface area contributed by atoms with Crippen molar-refractivity contribution in [3.63, 3.8) is 0 Å². The third kappa shape index (κ3) is 2.52. The number of aliphatic hydroxyl groups is 2. The van der Waals surface area contributed by atoms with Gasteiger partial charge in [0.2, 0.25) is 5.91 Å². The summed E-state index contributed by atoms with van der Waals surface area (Å²) < 4.78 is 7.21. The number of hydrogen-bond donors (Lipinski definition) is 4. The van der Waals surface area contributed by atoms with E-state index in [-0.39, 0.29) is 24.9 Å². The fourth-order valence-corrected chi connectivity index (χ4v) is 2.39. The molecule has 3 heterocycles. The van der Waals surface area contributed by atoms with Gasteiger partial charge in [-0.05, 0) is 0 Å². The summed E-state index contributed by atoms with van der Waals surface area (Å²) in [4.78, 5) is 23.7. The Bertz CT molecular complexity index is 689. The van der Waals surface area contributed by atoms with Crippen molar-refractivity contribution >= 4 is 22.9 Å². The molecule has 1 aliphatic rings. The van der Waals surface area contributed by atoms with Crippen LogP contribution in [0.15, 0.2) is 12.7 Å². The number of rotatable bonds is 4. The quantitative estimate of drug-likeness (QED) is 0.526. The van der Waals surface area contributed by atoms with Crippen molar-refractivity contribution in [2.45, 2.75) is 24.9 Å². The third-order valence-corrected chi connectivity index (χ3v) is 3.50. The largest absolute Gasteiger partial charge is 0.394 e. The average Bonchev–Trinajstić information content (AvgIpc) is 3.10. The first-order chi connectivity index (χ1) is 10.6. The Morgan fingerprint density at radius 3 is 3.00 bits per heavy atom. The molecule has 0 aromatic carbocycles. The number of nitrogens with zero attached hydrogens (tertiary/aromatic N) is 4. The Morgan fingerprint density at radius 2 is 2.32 bits per heavy atom. The number of fused-ring (bicyclic) bond motifs is 1. The molecule has 0 spiro atoms. The van der Waals surface area contributed by atoms with Crippen LogP contribution in [0.4, 0.5) is 5.82 Å². The van der Waals surface area contributed by atoms with E-state index in [2.05, 4.69) is 20.3 Å². The zero-order chi connectivity index (χ0) is 15.7. The van der Waals surface area contributed by atoms with Crippen LogP contribution >= 0.6 is 0 Å². The summed E-state index contributed by atoms with van der Waals surface area (Å²) in [5.41, 5.74) is 6.12. The van der Waals surface area contributed by atoms with Gasteiger partial charge in [0.25, 0.3) is 0 Å². The summed E-state index contributed by atoms with van der Waals surface area (Å²) >= 11 is 0. The van der Waals surface area contributed by atoms with Crippen LogP contribution < -0.4 is 11.1 Å². The molecule has 0 aliphatic carbocycles. The molecule has 22 heavy (non-hydrogen) atoms. The average molecular weight is 308 g/mol. The number of nitrogens with one attached hydrogen (secondary N) is 1. The van der Waals surface area contributed by atoms with Gasteiger partial charge in [-0.25, -0.2) is 15.0 Å². The number of ether oxygens (including phenoxy) is 1. The van der Waals surface area contributed by atoms with Gasteiger partial charge in [0.05, 0.1) is 25.6 Å². The van der Waals surface area contributed by atoms with Crippen LogP contribution in [0.3, 0.4) is 0 Å². The highest BCUT2D eigenvalue weighted by atomic mass is 16.5. The van der Waals surface area contributed by atoms with Crippen molar-refractivity contribution in [3.8, 4) is 0 Å². The molecule has 0 radical (unpaired) electrons. The lowest BCUT2D eigenvalue weighted by molar-refractivity contribution is -0.114. The normalized spacial score (nSPS) is 24.8. The molecule has 2 aromatic heterocycles. The second kappa shape index (κ2) is 5.93. The minimum absolute atomic E-state index is 0.164. The van der Waals surface area contributed by atoms with Gasteiger partial charge in [0, 0.05) is 6.42 Å². The van der Waals surface area contributed by atoms with Gasteiger partial charge in [-0.1, -0.05) is 0 Å². The molecule has 1 unspecified atom stereocenters. The van der Waals surface area contributed by atoms with E-state index in [1.54, 1.807) is 4.57 Å². The van der Waals surface area contributed by atoms with E-state index in [0.717, 1.165) is 0 Å². The minimum Gasteiger partial charge on any atom is -0.394 e. The van der Waals surface area contributed by atoms with Gasteiger partial charge >= 0.3 is 0 Å². The monoisotopic (exact) mass is 308 g/mol. The van der Waals surface area contributed by atoms with Crippen LogP contribution in [-0.4, -0.2) is 61.0 Å². The lowest BCUT2D eigenvalue weighted by Gasteiger charge is -2.13. The minimum atomic E-state index is -0.759. The van der Waals surface area contributed by atoms with Crippen molar-refractivity contribution in [1.29, 1.82) is 0 Å². The molecule has 1 fully saturated rings. The van der Waals surface area contributed by atoms with Crippen molar-refractivity contribution in [2.75, 3.05) is 18.5 Å². The first-order valence-corrected chi connectivity index (χ1v) is 6.76. The maximum absolute atomic E-state index is 11.4. The Labute approximate surface area is 124 Å². The predicted octanol–water partition coefficient (Wildman–Crippen LogP) is -1.64. The zero-order valence-electron chi connectivity index (χ0n) is 11.6. The van der Waals surface area contributed by atoms with Gasteiger partial charge in [-0.2, -0.15) is 0 Å². The number of carbonyl (C=O) groups is 1. The standard InChI is InChI=1S/C12H16N6O4/c13-2-8(21)17-11-10-12(15-4-14-11)18(5-16-10)9-1-6(20)7(3-19)22-9/h4-7,9,19-20H,1-3,13H2,(H,14,15,17,21)/t6?,7-,9-/m1/s1. The first-order valence-electron chi connectivity index (χ1n) is 6.76. The van der Waals surface area contributed by atoms with E-state index in [9.17, 15) is 9.90 Å². The van der Waals surface area contributed by atoms with Crippen LogP contribution in [0.25, 0.3) is 11.2 Å². The Balaban J connectivity index is 1.93.